The van der Waals surface area contributed by atoms with E-state index in [1.54, 1.807) is 7.05 Å². The molecule has 1 atom stereocenters. The van der Waals surface area contributed by atoms with E-state index in [4.69, 9.17) is 5.11 Å². The zero-order valence-electron chi connectivity index (χ0n) is 11.9. The monoisotopic (exact) mass is 264 g/mol. The quantitative estimate of drug-likeness (QED) is 0.624. The fourth-order valence-corrected chi connectivity index (χ4v) is 1.86. The molecule has 0 fully saturated rings. The van der Waals surface area contributed by atoms with Gasteiger partial charge in [0.2, 0.25) is 0 Å². The van der Waals surface area contributed by atoms with Gasteiger partial charge in [-0.2, -0.15) is 0 Å². The summed E-state index contributed by atoms with van der Waals surface area (Å²) in [5.41, 5.74) is 2.62. The van der Waals surface area contributed by atoms with Gasteiger partial charge in [0.1, 0.15) is 6.04 Å². The minimum atomic E-state index is -0.823. The minimum absolute atomic E-state index is 0.440. The first-order chi connectivity index (χ1) is 9.04. The maximum atomic E-state index is 10.8. The van der Waals surface area contributed by atoms with Gasteiger partial charge in [-0.15, -0.1) is 0 Å². The maximum absolute atomic E-state index is 10.8. The highest BCUT2D eigenvalue weighted by Crippen LogP contribution is 2.14. The number of aliphatic carboxylic acids is 1. The summed E-state index contributed by atoms with van der Waals surface area (Å²) in [5, 5.41) is 14.8. The van der Waals surface area contributed by atoms with Gasteiger partial charge in [0.15, 0.2) is 0 Å². The van der Waals surface area contributed by atoms with Crippen molar-refractivity contribution in [3.05, 3.63) is 35.4 Å². The minimum Gasteiger partial charge on any atom is -0.480 e. The first-order valence-electron chi connectivity index (χ1n) is 6.74. The smallest absolute Gasteiger partial charge is 0.322 e. The molecule has 4 heteroatoms. The van der Waals surface area contributed by atoms with E-state index in [1.165, 1.54) is 11.1 Å². The lowest BCUT2D eigenvalue weighted by molar-refractivity contribution is -0.139. The van der Waals surface area contributed by atoms with Gasteiger partial charge in [0.05, 0.1) is 0 Å². The summed E-state index contributed by atoms with van der Waals surface area (Å²) < 4.78 is 0. The lowest BCUT2D eigenvalue weighted by Gasteiger charge is -2.12. The lowest BCUT2D eigenvalue weighted by Crippen LogP contribution is -2.43. The van der Waals surface area contributed by atoms with Gasteiger partial charge < -0.3 is 15.7 Å². The van der Waals surface area contributed by atoms with Crippen molar-refractivity contribution < 1.29 is 9.90 Å². The third-order valence-corrected chi connectivity index (χ3v) is 3.23. The Bertz CT molecular complexity index is 388. The number of carboxylic acids is 1. The Labute approximate surface area is 115 Å². The van der Waals surface area contributed by atoms with Crippen LogP contribution in [0.25, 0.3) is 0 Å². The summed E-state index contributed by atoms with van der Waals surface area (Å²) in [6.45, 7) is 5.59. The third kappa shape index (κ3) is 5.41. The van der Waals surface area contributed by atoms with E-state index in [-0.39, 0.29) is 0 Å². The SMILES string of the molecule is CNC(CNCCc1ccc(C(C)C)cc1)C(=O)O. The summed E-state index contributed by atoms with van der Waals surface area (Å²) >= 11 is 0. The summed E-state index contributed by atoms with van der Waals surface area (Å²) in [7, 11) is 1.66. The van der Waals surface area contributed by atoms with Crippen molar-refractivity contribution in [1.82, 2.24) is 10.6 Å². The second-order valence-corrected chi connectivity index (χ2v) is 5.03. The largest absolute Gasteiger partial charge is 0.480 e. The van der Waals surface area contributed by atoms with Gasteiger partial charge in [0.25, 0.3) is 0 Å². The highest BCUT2D eigenvalue weighted by atomic mass is 16.4. The Morgan fingerprint density at radius 2 is 1.89 bits per heavy atom. The molecule has 0 saturated carbocycles. The second kappa shape index (κ2) is 7.92. The fourth-order valence-electron chi connectivity index (χ4n) is 1.86. The van der Waals surface area contributed by atoms with Gasteiger partial charge >= 0.3 is 5.97 Å². The summed E-state index contributed by atoms with van der Waals surface area (Å²) in [6, 6.07) is 8.08. The predicted octanol–water partition coefficient (Wildman–Crippen LogP) is 1.61. The molecule has 0 bridgehead atoms. The van der Waals surface area contributed by atoms with Gasteiger partial charge in [-0.25, -0.2) is 0 Å². The number of hydrogen-bond acceptors (Lipinski definition) is 3. The molecule has 0 heterocycles. The summed E-state index contributed by atoms with van der Waals surface area (Å²) in [5.74, 6) is -0.268. The van der Waals surface area contributed by atoms with E-state index < -0.39 is 12.0 Å². The van der Waals surface area contributed by atoms with Crippen LogP contribution >= 0.6 is 0 Å². The molecular formula is C15H24N2O2. The van der Waals surface area contributed by atoms with Crippen LogP contribution in [0.3, 0.4) is 0 Å². The van der Waals surface area contributed by atoms with Crippen molar-refractivity contribution in [2.24, 2.45) is 0 Å². The normalized spacial score (nSPS) is 12.6. The molecule has 0 aliphatic carbocycles. The molecule has 0 radical (unpaired) electrons. The number of nitrogens with one attached hydrogen (secondary N) is 2. The number of likely N-dealkylation sites (N-methyl/N-ethyl adjacent to an activating group) is 1. The standard InChI is InChI=1S/C15H24N2O2/c1-11(2)13-6-4-12(5-7-13)8-9-17-10-14(16-3)15(18)19/h4-7,11,14,16-17H,8-10H2,1-3H3,(H,18,19). The van der Waals surface area contributed by atoms with E-state index in [0.717, 1.165) is 13.0 Å². The maximum Gasteiger partial charge on any atom is 0.322 e. The molecule has 1 rings (SSSR count). The van der Waals surface area contributed by atoms with E-state index in [0.29, 0.717) is 12.5 Å². The molecule has 0 aliphatic heterocycles. The molecule has 0 aromatic heterocycles. The molecule has 0 amide bonds. The van der Waals surface area contributed by atoms with Crippen molar-refractivity contribution in [3.8, 4) is 0 Å². The molecule has 1 aromatic carbocycles. The first kappa shape index (κ1) is 15.7. The number of carbonyl (C=O) groups is 1. The number of hydrogen-bond donors (Lipinski definition) is 3. The number of benzene rings is 1. The average molecular weight is 264 g/mol. The molecule has 106 valence electrons. The van der Waals surface area contributed by atoms with E-state index in [1.807, 2.05) is 0 Å². The molecule has 1 aromatic rings. The third-order valence-electron chi connectivity index (χ3n) is 3.23. The molecular weight excluding hydrogens is 240 g/mol. The van der Waals surface area contributed by atoms with Crippen molar-refractivity contribution in [2.75, 3.05) is 20.1 Å². The Hall–Kier alpha value is -1.39. The van der Waals surface area contributed by atoms with Crippen LogP contribution < -0.4 is 10.6 Å². The Balaban J connectivity index is 2.31. The number of carboxylic acid groups (broad SMARTS) is 1. The fraction of sp³-hybridized carbons (Fsp3) is 0.533. The molecule has 3 N–H and O–H groups in total. The van der Waals surface area contributed by atoms with Crippen LogP contribution in [-0.4, -0.2) is 37.3 Å². The molecule has 0 aliphatic rings. The predicted molar refractivity (Wildman–Crippen MR) is 77.6 cm³/mol. The number of rotatable bonds is 8. The highest BCUT2D eigenvalue weighted by Gasteiger charge is 2.13. The van der Waals surface area contributed by atoms with Crippen molar-refractivity contribution in [2.45, 2.75) is 32.2 Å². The molecule has 0 saturated heterocycles. The first-order valence-corrected chi connectivity index (χ1v) is 6.74. The van der Waals surface area contributed by atoms with E-state index in [2.05, 4.69) is 48.7 Å². The molecule has 1 unspecified atom stereocenters. The van der Waals surface area contributed by atoms with Gasteiger partial charge in [-0.05, 0) is 37.1 Å². The van der Waals surface area contributed by atoms with Crippen LogP contribution in [0.2, 0.25) is 0 Å². The molecule has 0 spiro atoms. The second-order valence-electron chi connectivity index (χ2n) is 5.03. The topological polar surface area (TPSA) is 61.4 Å². The Morgan fingerprint density at radius 3 is 2.37 bits per heavy atom. The Kier molecular flexibility index (Phi) is 6.53. The summed E-state index contributed by atoms with van der Waals surface area (Å²) in [6.07, 6.45) is 0.911. The van der Waals surface area contributed by atoms with Crippen LogP contribution in [0.15, 0.2) is 24.3 Å². The summed E-state index contributed by atoms with van der Waals surface area (Å²) in [4.78, 5) is 10.8. The average Bonchev–Trinajstić information content (AvgIpc) is 2.38. The lowest BCUT2D eigenvalue weighted by atomic mass is 10.0. The molecule has 19 heavy (non-hydrogen) atoms. The van der Waals surface area contributed by atoms with E-state index in [9.17, 15) is 4.79 Å². The Morgan fingerprint density at radius 1 is 1.26 bits per heavy atom. The van der Waals surface area contributed by atoms with Crippen molar-refractivity contribution in [3.63, 3.8) is 0 Å². The van der Waals surface area contributed by atoms with Crippen LogP contribution in [0, 0.1) is 0 Å². The molecule has 4 nitrogen and oxygen atoms in total. The van der Waals surface area contributed by atoms with Crippen molar-refractivity contribution in [1.29, 1.82) is 0 Å². The van der Waals surface area contributed by atoms with Crippen LogP contribution in [0.5, 0.6) is 0 Å². The van der Waals surface area contributed by atoms with Gasteiger partial charge in [-0.3, -0.25) is 4.79 Å². The van der Waals surface area contributed by atoms with Gasteiger partial charge in [0, 0.05) is 6.54 Å². The van der Waals surface area contributed by atoms with Crippen LogP contribution in [0.1, 0.15) is 30.9 Å². The van der Waals surface area contributed by atoms with Crippen LogP contribution in [-0.2, 0) is 11.2 Å². The zero-order valence-corrected chi connectivity index (χ0v) is 11.9. The zero-order chi connectivity index (χ0) is 14.3. The highest BCUT2D eigenvalue weighted by molar-refractivity contribution is 5.73. The van der Waals surface area contributed by atoms with Crippen LogP contribution in [0.4, 0.5) is 0 Å². The van der Waals surface area contributed by atoms with E-state index >= 15 is 0 Å². The van der Waals surface area contributed by atoms with Crippen molar-refractivity contribution >= 4 is 5.97 Å². The van der Waals surface area contributed by atoms with Gasteiger partial charge in [-0.1, -0.05) is 38.1 Å².